The van der Waals surface area contributed by atoms with E-state index in [9.17, 15) is 0 Å². The van der Waals surface area contributed by atoms with E-state index in [2.05, 4.69) is 188 Å². The molecule has 0 saturated carbocycles. The summed E-state index contributed by atoms with van der Waals surface area (Å²) < 4.78 is 2.58. The van der Waals surface area contributed by atoms with Gasteiger partial charge in [0.1, 0.15) is 0 Å². The van der Waals surface area contributed by atoms with Crippen LogP contribution in [0.25, 0.3) is 76.3 Å². The highest BCUT2D eigenvalue weighted by Crippen LogP contribution is 2.63. The van der Waals surface area contributed by atoms with E-state index in [4.69, 9.17) is 9.97 Å². The van der Waals surface area contributed by atoms with Crippen LogP contribution in [0.3, 0.4) is 0 Å². The number of hydrogen-bond donors (Lipinski definition) is 0. The Labute approximate surface area is 339 Å². The molecule has 0 unspecified atom stereocenters. The molecule has 57 heavy (non-hydrogen) atoms. The zero-order chi connectivity index (χ0) is 37.5. The van der Waals surface area contributed by atoms with Crippen LogP contribution in [0.1, 0.15) is 22.3 Å². The van der Waals surface area contributed by atoms with Crippen LogP contribution in [0.5, 0.6) is 0 Å². The maximum Gasteiger partial charge on any atom is 0.160 e. The summed E-state index contributed by atoms with van der Waals surface area (Å²) in [6.45, 7) is 0. The zero-order valence-electron chi connectivity index (χ0n) is 30.7. The van der Waals surface area contributed by atoms with Crippen molar-refractivity contribution in [3.63, 3.8) is 0 Å². The molecule has 2 nitrogen and oxygen atoms in total. The Morgan fingerprint density at radius 1 is 0.404 bits per heavy atom. The fourth-order valence-electron chi connectivity index (χ4n) is 9.32. The maximum absolute atomic E-state index is 5.31. The van der Waals surface area contributed by atoms with E-state index in [1.165, 1.54) is 74.5 Å². The lowest BCUT2D eigenvalue weighted by atomic mass is 9.67. The van der Waals surface area contributed by atoms with E-state index in [1.807, 2.05) is 29.2 Å². The zero-order valence-corrected chi connectivity index (χ0v) is 32.3. The molecule has 0 radical (unpaired) electrons. The third kappa shape index (κ3) is 4.84. The molecule has 10 aromatic rings. The third-order valence-electron chi connectivity index (χ3n) is 11.8. The van der Waals surface area contributed by atoms with Crippen molar-refractivity contribution in [3.8, 4) is 56.2 Å². The number of fused-ring (bicyclic) bond motifs is 13. The minimum Gasteiger partial charge on any atom is -0.228 e. The minimum absolute atomic E-state index is 0.403. The molecule has 266 valence electrons. The van der Waals surface area contributed by atoms with Crippen LogP contribution >= 0.6 is 23.1 Å². The van der Waals surface area contributed by atoms with Crippen molar-refractivity contribution < 1.29 is 0 Å². The number of hydrogen-bond acceptors (Lipinski definition) is 4. The van der Waals surface area contributed by atoms with Gasteiger partial charge in [-0.05, 0) is 62.7 Å². The first kappa shape index (κ1) is 32.6. The second-order valence-electron chi connectivity index (χ2n) is 14.8. The van der Waals surface area contributed by atoms with E-state index < -0.39 is 5.41 Å². The Kier molecular flexibility index (Phi) is 7.28. The van der Waals surface area contributed by atoms with E-state index >= 15 is 0 Å². The van der Waals surface area contributed by atoms with E-state index in [1.54, 1.807) is 0 Å². The van der Waals surface area contributed by atoms with E-state index in [-0.39, 0.29) is 0 Å². The second kappa shape index (κ2) is 12.7. The van der Waals surface area contributed by atoms with Gasteiger partial charge in [-0.1, -0.05) is 188 Å². The number of aromatic nitrogens is 2. The van der Waals surface area contributed by atoms with Gasteiger partial charge in [0.25, 0.3) is 0 Å². The number of rotatable bonds is 4. The molecular weight excluding hydrogens is 729 g/mol. The standard InChI is InChI=1S/C53H32N2S2/c1-3-14-33(15-4-1)34-26-28-35(29-27-34)45-32-46(55-52(54-45)36-16-5-2-6-17-36)39-20-13-25-48-49(39)40-30-31-44-51(50(40)57-48)56-47-24-12-11-23-43(47)53(44)41-21-9-7-18-37(41)38-19-8-10-22-42(38)53/h1-32H. The van der Waals surface area contributed by atoms with Gasteiger partial charge in [0.2, 0.25) is 0 Å². The predicted molar refractivity (Wildman–Crippen MR) is 238 cm³/mol. The molecule has 8 aromatic carbocycles. The molecule has 1 spiro atoms. The molecule has 2 aromatic heterocycles. The highest BCUT2D eigenvalue weighted by atomic mass is 32.2. The Hall–Kier alpha value is -6.59. The van der Waals surface area contributed by atoms with Crippen LogP contribution in [0.4, 0.5) is 0 Å². The van der Waals surface area contributed by atoms with Crippen LogP contribution in [-0.2, 0) is 5.41 Å². The summed E-state index contributed by atoms with van der Waals surface area (Å²) in [5.41, 5.74) is 15.1. The summed E-state index contributed by atoms with van der Waals surface area (Å²) in [6.07, 6.45) is 0. The Morgan fingerprint density at radius 2 is 0.982 bits per heavy atom. The first-order valence-electron chi connectivity index (χ1n) is 19.3. The van der Waals surface area contributed by atoms with Crippen LogP contribution in [0.2, 0.25) is 0 Å². The Bertz CT molecular complexity index is 3160. The lowest BCUT2D eigenvalue weighted by molar-refractivity contribution is 0.726. The quantitative estimate of drug-likeness (QED) is 0.179. The number of nitrogens with zero attached hydrogens (tertiary/aromatic N) is 2. The molecule has 0 amide bonds. The van der Waals surface area contributed by atoms with Gasteiger partial charge in [-0.2, -0.15) is 0 Å². The largest absolute Gasteiger partial charge is 0.228 e. The first-order chi connectivity index (χ1) is 28.3. The monoisotopic (exact) mass is 760 g/mol. The van der Waals surface area contributed by atoms with Gasteiger partial charge in [0.15, 0.2) is 5.82 Å². The molecule has 0 atom stereocenters. The number of benzene rings is 8. The SMILES string of the molecule is c1ccc(-c2ccc(-c3cc(-c4cccc5sc6c7c(ccc6c45)C4(c5ccccc5S7)c5ccccc5-c5ccccc54)nc(-c4ccccc4)n3)cc2)cc1. The summed E-state index contributed by atoms with van der Waals surface area (Å²) in [6, 6.07) is 70.4. The van der Waals surface area contributed by atoms with Crippen molar-refractivity contribution in [2.75, 3.05) is 0 Å². The van der Waals surface area contributed by atoms with Gasteiger partial charge < -0.3 is 0 Å². The minimum atomic E-state index is -0.403. The van der Waals surface area contributed by atoms with Crippen molar-refractivity contribution in [3.05, 3.63) is 216 Å². The summed E-state index contributed by atoms with van der Waals surface area (Å²) in [7, 11) is 0. The molecule has 3 heterocycles. The molecule has 0 fully saturated rings. The Balaban J connectivity index is 1.08. The van der Waals surface area contributed by atoms with Crippen molar-refractivity contribution >= 4 is 43.3 Å². The van der Waals surface area contributed by atoms with Gasteiger partial charge in [-0.3, -0.25) is 0 Å². The molecule has 1 aliphatic carbocycles. The Morgan fingerprint density at radius 3 is 1.72 bits per heavy atom. The maximum atomic E-state index is 5.31. The van der Waals surface area contributed by atoms with Gasteiger partial charge in [-0.25, -0.2) is 9.97 Å². The topological polar surface area (TPSA) is 25.8 Å². The van der Waals surface area contributed by atoms with Gasteiger partial charge in [0.05, 0.1) is 16.8 Å². The predicted octanol–water partition coefficient (Wildman–Crippen LogP) is 14.3. The summed E-state index contributed by atoms with van der Waals surface area (Å²) in [4.78, 5) is 13.1. The highest BCUT2D eigenvalue weighted by Gasteiger charge is 2.50. The molecule has 0 bridgehead atoms. The molecule has 0 saturated heterocycles. The van der Waals surface area contributed by atoms with Crippen LogP contribution in [0, 0.1) is 0 Å². The van der Waals surface area contributed by atoms with E-state index in [0.717, 1.165) is 33.9 Å². The average molecular weight is 761 g/mol. The average Bonchev–Trinajstić information content (AvgIpc) is 3.82. The smallest absolute Gasteiger partial charge is 0.160 e. The molecule has 2 aliphatic rings. The highest BCUT2D eigenvalue weighted by molar-refractivity contribution is 8.00. The summed E-state index contributed by atoms with van der Waals surface area (Å²) in [5.74, 6) is 0.719. The number of thiophene rings is 1. The van der Waals surface area contributed by atoms with Crippen LogP contribution < -0.4 is 0 Å². The van der Waals surface area contributed by atoms with Gasteiger partial charge in [-0.15, -0.1) is 11.3 Å². The normalized spacial score (nSPS) is 13.3. The molecular formula is C53H32N2S2. The first-order valence-corrected chi connectivity index (χ1v) is 21.0. The third-order valence-corrected chi connectivity index (χ3v) is 14.3. The summed E-state index contributed by atoms with van der Waals surface area (Å²) in [5, 5.41) is 2.50. The van der Waals surface area contributed by atoms with Crippen LogP contribution in [-0.4, -0.2) is 9.97 Å². The second-order valence-corrected chi connectivity index (χ2v) is 16.9. The fourth-order valence-corrected chi connectivity index (χ4v) is 12.0. The van der Waals surface area contributed by atoms with Gasteiger partial charge in [0, 0.05) is 46.7 Å². The molecule has 12 rings (SSSR count). The van der Waals surface area contributed by atoms with Crippen molar-refractivity contribution in [2.45, 2.75) is 15.2 Å². The molecule has 4 heteroatoms. The van der Waals surface area contributed by atoms with Crippen molar-refractivity contribution in [2.24, 2.45) is 0 Å². The molecule has 1 aliphatic heterocycles. The lowest BCUT2D eigenvalue weighted by Gasteiger charge is -2.39. The van der Waals surface area contributed by atoms with Crippen LogP contribution in [0.15, 0.2) is 204 Å². The van der Waals surface area contributed by atoms with Crippen molar-refractivity contribution in [1.29, 1.82) is 0 Å². The summed E-state index contributed by atoms with van der Waals surface area (Å²) >= 11 is 3.82. The van der Waals surface area contributed by atoms with E-state index in [0.29, 0.717) is 0 Å². The molecule has 0 N–H and O–H groups in total. The van der Waals surface area contributed by atoms with Crippen molar-refractivity contribution in [1.82, 2.24) is 9.97 Å². The van der Waals surface area contributed by atoms with Gasteiger partial charge >= 0.3 is 0 Å². The fraction of sp³-hybridized carbons (Fsp3) is 0.0189. The lowest BCUT2D eigenvalue weighted by Crippen LogP contribution is -2.31.